The minimum atomic E-state index is -4.76. The van der Waals surface area contributed by atoms with Crippen molar-refractivity contribution in [3.05, 3.63) is 54.4 Å². The molecular formula is C22H23F3N4O2. The van der Waals surface area contributed by atoms with Crippen LogP contribution in [0.25, 0.3) is 0 Å². The van der Waals surface area contributed by atoms with Crippen LogP contribution in [0, 0.1) is 5.92 Å². The van der Waals surface area contributed by atoms with Gasteiger partial charge in [-0.25, -0.2) is 9.78 Å². The fourth-order valence-corrected chi connectivity index (χ4v) is 4.14. The molecule has 9 heteroatoms. The second-order valence-corrected chi connectivity index (χ2v) is 7.58. The molecule has 0 bridgehead atoms. The molecule has 1 aromatic carbocycles. The molecule has 2 aliphatic rings. The standard InChI is InChI=1S/C22H23F3N4O2/c23-22(24,25)31-17-11-9-16(10-12-17)27-21(30)28-18-7-3-13-26-20(18)29-14-4-6-15-5-1-2-8-19(15)29/h3,7-13,15H,1-2,4-6,14H2,(H2,27,28,30). The van der Waals surface area contributed by atoms with Crippen molar-refractivity contribution in [2.45, 2.75) is 38.5 Å². The molecule has 2 aromatic rings. The number of nitrogens with zero attached hydrogens (tertiary/aromatic N) is 2. The lowest BCUT2D eigenvalue weighted by atomic mass is 9.85. The van der Waals surface area contributed by atoms with E-state index in [0.29, 0.717) is 23.1 Å². The van der Waals surface area contributed by atoms with E-state index in [9.17, 15) is 18.0 Å². The fraction of sp³-hybridized carbons (Fsp3) is 0.364. The number of aromatic nitrogens is 1. The number of halogens is 3. The number of rotatable bonds is 4. The van der Waals surface area contributed by atoms with Crippen LogP contribution in [0.5, 0.6) is 5.75 Å². The Labute approximate surface area is 178 Å². The van der Waals surface area contributed by atoms with Gasteiger partial charge in [-0.15, -0.1) is 13.2 Å². The number of allylic oxidation sites excluding steroid dienone is 2. The molecule has 31 heavy (non-hydrogen) atoms. The number of hydrogen-bond donors (Lipinski definition) is 2. The van der Waals surface area contributed by atoms with Gasteiger partial charge < -0.3 is 20.3 Å². The largest absolute Gasteiger partial charge is 0.573 e. The number of carbonyl (C=O) groups excluding carboxylic acids is 1. The maximum absolute atomic E-state index is 12.5. The van der Waals surface area contributed by atoms with Crippen molar-refractivity contribution in [3.8, 4) is 5.75 Å². The lowest BCUT2D eigenvalue weighted by molar-refractivity contribution is -0.274. The summed E-state index contributed by atoms with van der Waals surface area (Å²) >= 11 is 0. The maximum Gasteiger partial charge on any atom is 0.573 e. The average Bonchev–Trinajstić information content (AvgIpc) is 2.74. The van der Waals surface area contributed by atoms with Crippen LogP contribution in [-0.2, 0) is 0 Å². The molecular weight excluding hydrogens is 409 g/mol. The summed E-state index contributed by atoms with van der Waals surface area (Å²) in [5.41, 5.74) is 2.19. The number of alkyl halides is 3. The van der Waals surface area contributed by atoms with Gasteiger partial charge in [-0.05, 0) is 74.4 Å². The van der Waals surface area contributed by atoms with Crippen LogP contribution in [-0.4, -0.2) is 23.9 Å². The molecule has 2 amide bonds. The summed E-state index contributed by atoms with van der Waals surface area (Å²) in [6.07, 6.45) is 4.87. The fourth-order valence-electron chi connectivity index (χ4n) is 4.14. The summed E-state index contributed by atoms with van der Waals surface area (Å²) in [4.78, 5) is 19.2. The van der Waals surface area contributed by atoms with Crippen molar-refractivity contribution in [3.63, 3.8) is 0 Å². The van der Waals surface area contributed by atoms with E-state index in [0.717, 1.165) is 31.5 Å². The Morgan fingerprint density at radius 1 is 1.10 bits per heavy atom. The van der Waals surface area contributed by atoms with E-state index in [1.54, 1.807) is 18.3 Å². The zero-order chi connectivity index (χ0) is 21.8. The molecule has 1 aromatic heterocycles. The van der Waals surface area contributed by atoms with Crippen LogP contribution in [0.4, 0.5) is 35.2 Å². The second kappa shape index (κ2) is 8.87. The quantitative estimate of drug-likeness (QED) is 0.631. The van der Waals surface area contributed by atoms with E-state index in [1.807, 2.05) is 0 Å². The molecule has 0 spiro atoms. The van der Waals surface area contributed by atoms with Crippen LogP contribution in [0.2, 0.25) is 0 Å². The number of carbonyl (C=O) groups is 1. The Balaban J connectivity index is 1.45. The van der Waals surface area contributed by atoms with Crippen LogP contribution in [0.15, 0.2) is 54.4 Å². The molecule has 1 fully saturated rings. The number of nitrogens with one attached hydrogen (secondary N) is 2. The topological polar surface area (TPSA) is 66.5 Å². The third-order valence-corrected chi connectivity index (χ3v) is 5.41. The van der Waals surface area contributed by atoms with E-state index < -0.39 is 12.4 Å². The highest BCUT2D eigenvalue weighted by Crippen LogP contribution is 2.39. The van der Waals surface area contributed by atoms with Crippen molar-refractivity contribution in [1.82, 2.24) is 4.98 Å². The van der Waals surface area contributed by atoms with Crippen LogP contribution in [0.3, 0.4) is 0 Å². The molecule has 6 nitrogen and oxygen atoms in total. The minimum absolute atomic E-state index is 0.338. The number of anilines is 3. The Bertz CT molecular complexity index is 960. The van der Waals surface area contributed by atoms with Gasteiger partial charge >= 0.3 is 12.4 Å². The van der Waals surface area contributed by atoms with Crippen molar-refractivity contribution in [2.75, 3.05) is 22.1 Å². The molecule has 164 valence electrons. The summed E-state index contributed by atoms with van der Waals surface area (Å²) in [6, 6.07) is 7.99. The number of pyridine rings is 1. The SMILES string of the molecule is O=C(Nc1ccc(OC(F)(F)F)cc1)Nc1cccnc1N1CCCC2CCCC=C21. The minimum Gasteiger partial charge on any atom is -0.406 e. The number of amides is 2. The molecule has 2 N–H and O–H groups in total. The van der Waals surface area contributed by atoms with Gasteiger partial charge in [0.15, 0.2) is 5.82 Å². The monoisotopic (exact) mass is 432 g/mol. The Morgan fingerprint density at radius 3 is 2.65 bits per heavy atom. The van der Waals surface area contributed by atoms with Gasteiger partial charge in [0.25, 0.3) is 0 Å². The summed E-state index contributed by atoms with van der Waals surface area (Å²) in [5.74, 6) is 0.876. The molecule has 0 radical (unpaired) electrons. The highest BCUT2D eigenvalue weighted by atomic mass is 19.4. The van der Waals surface area contributed by atoms with Gasteiger partial charge in [-0.1, -0.05) is 6.08 Å². The summed E-state index contributed by atoms with van der Waals surface area (Å²) in [7, 11) is 0. The van der Waals surface area contributed by atoms with Gasteiger partial charge in [0.1, 0.15) is 5.75 Å². The normalized spacial score (nSPS) is 18.6. The van der Waals surface area contributed by atoms with Crippen LogP contribution in [0.1, 0.15) is 32.1 Å². The Hall–Kier alpha value is -3.23. The van der Waals surface area contributed by atoms with Gasteiger partial charge in [-0.3, -0.25) is 0 Å². The summed E-state index contributed by atoms with van der Waals surface area (Å²) < 4.78 is 40.7. The van der Waals surface area contributed by atoms with Gasteiger partial charge in [0.05, 0.1) is 5.69 Å². The average molecular weight is 432 g/mol. The molecule has 4 rings (SSSR count). The maximum atomic E-state index is 12.5. The summed E-state index contributed by atoms with van der Waals surface area (Å²) in [5, 5.41) is 5.43. The van der Waals surface area contributed by atoms with Crippen molar-refractivity contribution < 1.29 is 22.7 Å². The van der Waals surface area contributed by atoms with Crippen LogP contribution < -0.4 is 20.3 Å². The van der Waals surface area contributed by atoms with Crippen molar-refractivity contribution >= 4 is 23.2 Å². The Kier molecular flexibility index (Phi) is 6.01. The first kappa shape index (κ1) is 21.0. The lowest BCUT2D eigenvalue weighted by Gasteiger charge is -2.39. The van der Waals surface area contributed by atoms with E-state index in [-0.39, 0.29) is 5.75 Å². The lowest BCUT2D eigenvalue weighted by Crippen LogP contribution is -2.35. The first-order valence-corrected chi connectivity index (χ1v) is 10.3. The number of ether oxygens (including phenoxy) is 1. The zero-order valence-electron chi connectivity index (χ0n) is 16.8. The van der Waals surface area contributed by atoms with Crippen LogP contribution >= 0.6 is 0 Å². The highest BCUT2D eigenvalue weighted by molar-refractivity contribution is 6.01. The smallest absolute Gasteiger partial charge is 0.406 e. The second-order valence-electron chi connectivity index (χ2n) is 7.58. The number of hydrogen-bond acceptors (Lipinski definition) is 4. The van der Waals surface area contributed by atoms with Gasteiger partial charge in [-0.2, -0.15) is 0 Å². The molecule has 1 unspecified atom stereocenters. The van der Waals surface area contributed by atoms with E-state index in [1.165, 1.54) is 37.1 Å². The number of benzene rings is 1. The molecule has 0 saturated carbocycles. The van der Waals surface area contributed by atoms with E-state index in [4.69, 9.17) is 0 Å². The molecule has 1 aliphatic heterocycles. The predicted molar refractivity (Wildman–Crippen MR) is 112 cm³/mol. The Morgan fingerprint density at radius 2 is 1.87 bits per heavy atom. The van der Waals surface area contributed by atoms with E-state index >= 15 is 0 Å². The van der Waals surface area contributed by atoms with Crippen molar-refractivity contribution in [1.29, 1.82) is 0 Å². The number of urea groups is 1. The molecule has 1 saturated heterocycles. The molecule has 2 heterocycles. The first-order valence-electron chi connectivity index (χ1n) is 10.3. The highest BCUT2D eigenvalue weighted by Gasteiger charge is 2.31. The van der Waals surface area contributed by atoms with E-state index in [2.05, 4.69) is 31.3 Å². The first-order chi connectivity index (χ1) is 14.9. The van der Waals surface area contributed by atoms with Gasteiger partial charge in [0.2, 0.25) is 0 Å². The zero-order valence-corrected chi connectivity index (χ0v) is 16.8. The van der Waals surface area contributed by atoms with Crippen molar-refractivity contribution in [2.24, 2.45) is 5.92 Å². The molecule has 1 atom stereocenters. The van der Waals surface area contributed by atoms with Gasteiger partial charge in [0, 0.05) is 24.1 Å². The summed E-state index contributed by atoms with van der Waals surface area (Å²) in [6.45, 7) is 0.844. The number of fused-ring (bicyclic) bond motifs is 1. The predicted octanol–water partition coefficient (Wildman–Crippen LogP) is 5.91. The third-order valence-electron chi connectivity index (χ3n) is 5.41. The number of piperidine rings is 1. The third kappa shape index (κ3) is 5.28. The molecule has 1 aliphatic carbocycles.